The molecule has 0 saturated heterocycles. The minimum absolute atomic E-state index is 0.405. The highest BCUT2D eigenvalue weighted by Crippen LogP contribution is 2.19. The molecule has 0 spiro atoms. The van der Waals surface area contributed by atoms with E-state index in [1.54, 1.807) is 17.4 Å². The molecular weight excluding hydrogens is 264 g/mol. The van der Waals surface area contributed by atoms with Crippen LogP contribution in [0.3, 0.4) is 0 Å². The van der Waals surface area contributed by atoms with E-state index in [0.717, 1.165) is 10.0 Å². The van der Waals surface area contributed by atoms with Gasteiger partial charge in [0, 0.05) is 5.92 Å². The Balaban J connectivity index is 1.70. The lowest BCUT2D eigenvalue weighted by Crippen LogP contribution is -2.04. The lowest BCUT2D eigenvalue weighted by Gasteiger charge is -2.01. The van der Waals surface area contributed by atoms with Crippen LogP contribution in [0.5, 0.6) is 0 Å². The van der Waals surface area contributed by atoms with Crippen LogP contribution in [-0.2, 0) is 6.54 Å². The highest BCUT2D eigenvalue weighted by Gasteiger charge is 2.08. The maximum Gasteiger partial charge on any atom is 0.200 e. The summed E-state index contributed by atoms with van der Waals surface area (Å²) in [5.74, 6) is 1.10. The van der Waals surface area contributed by atoms with Crippen molar-refractivity contribution in [2.75, 3.05) is 5.32 Å². The fraction of sp³-hybridized carbons (Fsp3) is 0.400. The third-order valence-corrected chi connectivity index (χ3v) is 3.69. The van der Waals surface area contributed by atoms with Crippen molar-refractivity contribution in [3.05, 3.63) is 22.1 Å². The average Bonchev–Trinajstić information content (AvgIpc) is 3.04. The number of anilines is 1. The highest BCUT2D eigenvalue weighted by molar-refractivity contribution is 7.11. The van der Waals surface area contributed by atoms with Crippen molar-refractivity contribution in [1.82, 2.24) is 35.5 Å². The third-order valence-electron chi connectivity index (χ3n) is 2.47. The molecule has 3 heterocycles. The number of nitrogens with one attached hydrogen (secondary N) is 1. The molecule has 8 nitrogen and oxygen atoms in total. The fourth-order valence-electron chi connectivity index (χ4n) is 1.48. The van der Waals surface area contributed by atoms with Crippen molar-refractivity contribution < 1.29 is 0 Å². The Hall–Kier alpha value is -2.16. The molecule has 98 valence electrons. The van der Waals surface area contributed by atoms with Crippen LogP contribution in [0.4, 0.5) is 5.82 Å². The van der Waals surface area contributed by atoms with Gasteiger partial charge in [-0.2, -0.15) is 0 Å². The van der Waals surface area contributed by atoms with E-state index >= 15 is 0 Å². The first-order valence-corrected chi connectivity index (χ1v) is 6.65. The predicted octanol–water partition coefficient (Wildman–Crippen LogP) is 1.11. The summed E-state index contributed by atoms with van der Waals surface area (Å²) in [4.78, 5) is 0. The molecule has 0 bridgehead atoms. The number of tetrazole rings is 1. The number of hydrogen-bond acceptors (Lipinski definition) is 8. The second-order valence-electron chi connectivity index (χ2n) is 4.29. The quantitative estimate of drug-likeness (QED) is 0.762. The van der Waals surface area contributed by atoms with Crippen molar-refractivity contribution >= 4 is 22.8 Å². The van der Waals surface area contributed by atoms with Crippen LogP contribution in [0, 0.1) is 0 Å². The van der Waals surface area contributed by atoms with Gasteiger partial charge in [-0.3, -0.25) is 0 Å². The van der Waals surface area contributed by atoms with Crippen molar-refractivity contribution in [3.63, 3.8) is 0 Å². The molecule has 0 fully saturated rings. The van der Waals surface area contributed by atoms with Crippen LogP contribution in [0.15, 0.2) is 12.1 Å². The maximum atomic E-state index is 4.22. The summed E-state index contributed by atoms with van der Waals surface area (Å²) in [7, 11) is 0. The van der Waals surface area contributed by atoms with Crippen LogP contribution < -0.4 is 5.32 Å². The van der Waals surface area contributed by atoms with E-state index in [-0.39, 0.29) is 0 Å². The zero-order valence-corrected chi connectivity index (χ0v) is 11.3. The lowest BCUT2D eigenvalue weighted by molar-refractivity contribution is 0.733. The number of aromatic nitrogens is 7. The summed E-state index contributed by atoms with van der Waals surface area (Å²) in [5.41, 5.74) is 0.614. The van der Waals surface area contributed by atoms with Gasteiger partial charge < -0.3 is 5.32 Å². The van der Waals surface area contributed by atoms with Gasteiger partial charge in [0.2, 0.25) is 0 Å². The van der Waals surface area contributed by atoms with Gasteiger partial charge in [-0.05, 0) is 22.6 Å². The molecule has 0 saturated carbocycles. The van der Waals surface area contributed by atoms with Crippen LogP contribution in [0.25, 0.3) is 5.65 Å². The predicted molar refractivity (Wildman–Crippen MR) is 69.9 cm³/mol. The molecular formula is C10H12N8S. The first-order valence-electron chi connectivity index (χ1n) is 5.84. The Labute approximate surface area is 112 Å². The minimum atomic E-state index is 0.405. The molecule has 0 unspecified atom stereocenters. The lowest BCUT2D eigenvalue weighted by atomic mass is 10.2. The second kappa shape index (κ2) is 4.84. The zero-order chi connectivity index (χ0) is 13.2. The maximum absolute atomic E-state index is 4.22. The van der Waals surface area contributed by atoms with Crippen molar-refractivity contribution in [2.24, 2.45) is 0 Å². The summed E-state index contributed by atoms with van der Waals surface area (Å²) >= 11 is 1.61. The van der Waals surface area contributed by atoms with Crippen LogP contribution >= 0.6 is 11.3 Å². The van der Waals surface area contributed by atoms with Gasteiger partial charge in [0.25, 0.3) is 0 Å². The van der Waals surface area contributed by atoms with Crippen molar-refractivity contribution in [2.45, 2.75) is 26.3 Å². The van der Waals surface area contributed by atoms with Crippen LogP contribution in [0.1, 0.15) is 29.8 Å². The molecule has 1 N–H and O–H groups in total. The molecule has 0 aliphatic heterocycles. The summed E-state index contributed by atoms with van der Waals surface area (Å²) < 4.78 is 1.38. The van der Waals surface area contributed by atoms with E-state index in [1.165, 1.54) is 4.63 Å². The topological polar surface area (TPSA) is 93.8 Å². The van der Waals surface area contributed by atoms with Gasteiger partial charge in [-0.15, -0.1) is 25.0 Å². The molecule has 0 atom stereocenters. The molecule has 0 aliphatic rings. The van der Waals surface area contributed by atoms with Gasteiger partial charge in [-0.25, -0.2) is 0 Å². The minimum Gasteiger partial charge on any atom is -0.362 e. The molecule has 0 amide bonds. The van der Waals surface area contributed by atoms with Crippen LogP contribution in [-0.4, -0.2) is 35.5 Å². The Morgan fingerprint density at radius 3 is 2.95 bits per heavy atom. The first kappa shape index (κ1) is 11.9. The summed E-state index contributed by atoms with van der Waals surface area (Å²) in [5, 5.41) is 28.7. The van der Waals surface area contributed by atoms with E-state index in [1.807, 2.05) is 6.07 Å². The molecule has 9 heteroatoms. The molecule has 0 radical (unpaired) electrons. The van der Waals surface area contributed by atoms with E-state index in [0.29, 0.717) is 23.9 Å². The SMILES string of the molecule is CC(C)c1nnc(CNc2ccc3nnnn3n2)s1. The van der Waals surface area contributed by atoms with Gasteiger partial charge in [0.05, 0.1) is 6.54 Å². The Morgan fingerprint density at radius 1 is 1.26 bits per heavy atom. The van der Waals surface area contributed by atoms with E-state index in [2.05, 4.69) is 50.0 Å². The summed E-state index contributed by atoms with van der Waals surface area (Å²) in [6.45, 7) is 4.79. The molecule has 3 rings (SSSR count). The van der Waals surface area contributed by atoms with E-state index in [4.69, 9.17) is 0 Å². The molecule has 0 aliphatic carbocycles. The highest BCUT2D eigenvalue weighted by atomic mass is 32.1. The first-order chi connectivity index (χ1) is 9.22. The van der Waals surface area contributed by atoms with Gasteiger partial charge >= 0.3 is 0 Å². The Bertz CT molecular complexity index is 687. The Kier molecular flexibility index (Phi) is 3.03. The smallest absolute Gasteiger partial charge is 0.200 e. The third kappa shape index (κ3) is 2.50. The normalized spacial score (nSPS) is 11.3. The molecule has 19 heavy (non-hydrogen) atoms. The monoisotopic (exact) mass is 276 g/mol. The number of fused-ring (bicyclic) bond motifs is 1. The molecule has 3 aromatic rings. The van der Waals surface area contributed by atoms with Gasteiger partial charge in [-0.1, -0.05) is 25.2 Å². The number of hydrogen-bond donors (Lipinski definition) is 1. The zero-order valence-electron chi connectivity index (χ0n) is 10.5. The Morgan fingerprint density at radius 2 is 2.16 bits per heavy atom. The standard InChI is InChI=1S/C10H12N8S/c1-6(2)10-14-13-9(19-10)5-11-7-3-4-8-12-16-17-18(8)15-7/h3-4,6H,5H2,1-2H3,(H,11,15). The summed E-state index contributed by atoms with van der Waals surface area (Å²) in [6, 6.07) is 3.63. The summed E-state index contributed by atoms with van der Waals surface area (Å²) in [6.07, 6.45) is 0. The number of nitrogens with zero attached hydrogens (tertiary/aromatic N) is 7. The number of rotatable bonds is 4. The van der Waals surface area contributed by atoms with Crippen LogP contribution in [0.2, 0.25) is 0 Å². The van der Waals surface area contributed by atoms with Crippen molar-refractivity contribution in [1.29, 1.82) is 0 Å². The average molecular weight is 276 g/mol. The molecule has 3 aromatic heterocycles. The fourth-order valence-corrected chi connectivity index (χ4v) is 2.27. The van der Waals surface area contributed by atoms with E-state index in [9.17, 15) is 0 Å². The van der Waals surface area contributed by atoms with Gasteiger partial charge in [0.1, 0.15) is 15.8 Å². The largest absolute Gasteiger partial charge is 0.362 e. The second-order valence-corrected chi connectivity index (χ2v) is 5.38. The van der Waals surface area contributed by atoms with Crippen molar-refractivity contribution in [3.8, 4) is 0 Å². The van der Waals surface area contributed by atoms with Gasteiger partial charge in [0.15, 0.2) is 5.65 Å². The van der Waals surface area contributed by atoms with E-state index < -0.39 is 0 Å². The molecule has 0 aromatic carbocycles.